The highest BCUT2D eigenvalue weighted by atomic mass is 32.1. The van der Waals surface area contributed by atoms with E-state index >= 15 is 0 Å². The number of benzene rings is 1. The zero-order valence-corrected chi connectivity index (χ0v) is 10.2. The van der Waals surface area contributed by atoms with Gasteiger partial charge in [0.1, 0.15) is 0 Å². The Labute approximate surface area is 106 Å². The molecule has 0 aromatic heterocycles. The largest absolute Gasteiger partial charge is 0.376 e. The van der Waals surface area contributed by atoms with Crippen molar-refractivity contribution in [2.24, 2.45) is 5.73 Å². The van der Waals surface area contributed by atoms with Gasteiger partial charge < -0.3 is 16.4 Å². The minimum absolute atomic E-state index is 0.0857. The van der Waals surface area contributed by atoms with Crippen LogP contribution in [0.2, 0.25) is 0 Å². The Kier molecular flexibility index (Phi) is 3.58. The maximum absolute atomic E-state index is 11.6. The number of carbonyl (C=O) groups excluding carboxylic acids is 1. The number of thiocarbonyl (C=S) groups is 1. The van der Waals surface area contributed by atoms with Crippen molar-refractivity contribution in [3.63, 3.8) is 0 Å². The van der Waals surface area contributed by atoms with Crippen LogP contribution in [0.5, 0.6) is 0 Å². The van der Waals surface area contributed by atoms with Crippen LogP contribution in [0.15, 0.2) is 24.3 Å². The van der Waals surface area contributed by atoms with Gasteiger partial charge in [0.25, 0.3) is 0 Å². The van der Waals surface area contributed by atoms with E-state index in [2.05, 4.69) is 10.6 Å². The Morgan fingerprint density at radius 2 is 2.00 bits per heavy atom. The number of rotatable bonds is 4. The van der Waals surface area contributed by atoms with Gasteiger partial charge in [-0.25, -0.2) is 0 Å². The van der Waals surface area contributed by atoms with Crippen molar-refractivity contribution in [1.29, 1.82) is 0 Å². The molecular weight excluding hydrogens is 234 g/mol. The predicted molar refractivity (Wildman–Crippen MR) is 71.7 cm³/mol. The normalized spacial score (nSPS) is 14.1. The van der Waals surface area contributed by atoms with Crippen molar-refractivity contribution >= 4 is 28.9 Å². The summed E-state index contributed by atoms with van der Waals surface area (Å²) in [4.78, 5) is 11.6. The summed E-state index contributed by atoms with van der Waals surface area (Å²) >= 11 is 4.74. The Bertz CT molecular complexity index is 426. The molecule has 17 heavy (non-hydrogen) atoms. The first-order chi connectivity index (χ1) is 8.13. The molecule has 0 spiro atoms. The van der Waals surface area contributed by atoms with Crippen LogP contribution in [0, 0.1) is 0 Å². The predicted octanol–water partition coefficient (Wildman–Crippen LogP) is 1.16. The molecule has 1 aliphatic carbocycles. The molecule has 1 aromatic carbocycles. The van der Waals surface area contributed by atoms with Crippen LogP contribution in [-0.2, 0) is 11.2 Å². The van der Waals surface area contributed by atoms with Crippen molar-refractivity contribution in [3.05, 3.63) is 29.8 Å². The summed E-state index contributed by atoms with van der Waals surface area (Å²) in [6.07, 6.45) is 2.65. The summed E-state index contributed by atoms with van der Waals surface area (Å²) in [5.41, 5.74) is 7.18. The van der Waals surface area contributed by atoms with Gasteiger partial charge >= 0.3 is 0 Å². The molecule has 0 unspecified atom stereocenters. The van der Waals surface area contributed by atoms with E-state index in [4.69, 9.17) is 18.0 Å². The van der Waals surface area contributed by atoms with Crippen molar-refractivity contribution in [3.8, 4) is 0 Å². The summed E-state index contributed by atoms with van der Waals surface area (Å²) in [6, 6.07) is 7.93. The van der Waals surface area contributed by atoms with Gasteiger partial charge in [0.2, 0.25) is 5.91 Å². The molecule has 0 radical (unpaired) electrons. The van der Waals surface area contributed by atoms with Gasteiger partial charge in [0.15, 0.2) is 5.11 Å². The Morgan fingerprint density at radius 1 is 1.35 bits per heavy atom. The smallest absolute Gasteiger partial charge is 0.224 e. The van der Waals surface area contributed by atoms with Gasteiger partial charge in [-0.05, 0) is 42.8 Å². The Morgan fingerprint density at radius 3 is 2.53 bits per heavy atom. The summed E-state index contributed by atoms with van der Waals surface area (Å²) in [7, 11) is 0. The fourth-order valence-corrected chi connectivity index (χ4v) is 1.66. The van der Waals surface area contributed by atoms with E-state index in [1.807, 2.05) is 24.3 Å². The number of carbonyl (C=O) groups is 1. The molecule has 0 bridgehead atoms. The molecule has 4 nitrogen and oxygen atoms in total. The zero-order chi connectivity index (χ0) is 12.3. The van der Waals surface area contributed by atoms with Gasteiger partial charge in [-0.15, -0.1) is 0 Å². The van der Waals surface area contributed by atoms with E-state index in [-0.39, 0.29) is 11.0 Å². The molecule has 1 saturated carbocycles. The number of hydrogen-bond donors (Lipinski definition) is 3. The fourth-order valence-electron chi connectivity index (χ4n) is 1.54. The lowest BCUT2D eigenvalue weighted by atomic mass is 10.1. The summed E-state index contributed by atoms with van der Waals surface area (Å²) in [5.74, 6) is 0.0857. The van der Waals surface area contributed by atoms with E-state index in [1.165, 1.54) is 0 Å². The molecule has 0 atom stereocenters. The molecular formula is C12H15N3OS. The van der Waals surface area contributed by atoms with Crippen LogP contribution in [0.3, 0.4) is 0 Å². The fraction of sp³-hybridized carbons (Fsp3) is 0.333. The molecule has 4 N–H and O–H groups in total. The van der Waals surface area contributed by atoms with E-state index in [9.17, 15) is 4.79 Å². The minimum atomic E-state index is 0.0857. The third kappa shape index (κ3) is 4.03. The minimum Gasteiger partial charge on any atom is -0.376 e. The molecule has 0 heterocycles. The quantitative estimate of drug-likeness (QED) is 0.701. The van der Waals surface area contributed by atoms with E-state index in [1.54, 1.807) is 0 Å². The number of nitrogens with two attached hydrogens (primary N) is 1. The molecule has 90 valence electrons. The first-order valence-corrected chi connectivity index (χ1v) is 5.99. The zero-order valence-electron chi connectivity index (χ0n) is 9.40. The SMILES string of the molecule is NC(=S)Nc1ccc(CC(=O)NC2CC2)cc1. The Balaban J connectivity index is 1.88. The number of hydrogen-bond acceptors (Lipinski definition) is 2. The van der Waals surface area contributed by atoms with Crippen LogP contribution in [0.4, 0.5) is 5.69 Å². The molecule has 0 aliphatic heterocycles. The summed E-state index contributed by atoms with van der Waals surface area (Å²) in [5, 5.41) is 6.03. The van der Waals surface area contributed by atoms with E-state index < -0.39 is 0 Å². The van der Waals surface area contributed by atoms with E-state index in [0.29, 0.717) is 12.5 Å². The van der Waals surface area contributed by atoms with Crippen molar-refractivity contribution in [2.45, 2.75) is 25.3 Å². The van der Waals surface area contributed by atoms with Crippen LogP contribution in [-0.4, -0.2) is 17.1 Å². The second kappa shape index (κ2) is 5.14. The highest BCUT2D eigenvalue weighted by Gasteiger charge is 2.22. The molecule has 0 saturated heterocycles. The molecule has 1 amide bonds. The molecule has 1 fully saturated rings. The summed E-state index contributed by atoms with van der Waals surface area (Å²) < 4.78 is 0. The third-order valence-corrected chi connectivity index (χ3v) is 2.63. The lowest BCUT2D eigenvalue weighted by Gasteiger charge is -2.06. The van der Waals surface area contributed by atoms with Gasteiger partial charge in [0.05, 0.1) is 6.42 Å². The van der Waals surface area contributed by atoms with Crippen LogP contribution < -0.4 is 16.4 Å². The highest BCUT2D eigenvalue weighted by molar-refractivity contribution is 7.80. The molecule has 2 rings (SSSR count). The first kappa shape index (κ1) is 11.9. The van der Waals surface area contributed by atoms with E-state index in [0.717, 1.165) is 24.1 Å². The number of nitrogens with one attached hydrogen (secondary N) is 2. The monoisotopic (exact) mass is 249 g/mol. The second-order valence-electron chi connectivity index (χ2n) is 4.20. The van der Waals surface area contributed by atoms with Gasteiger partial charge in [-0.1, -0.05) is 12.1 Å². The maximum Gasteiger partial charge on any atom is 0.224 e. The molecule has 1 aromatic rings. The van der Waals surface area contributed by atoms with Gasteiger partial charge in [0, 0.05) is 11.7 Å². The summed E-state index contributed by atoms with van der Waals surface area (Å²) in [6.45, 7) is 0. The average Bonchev–Trinajstić information content (AvgIpc) is 3.04. The van der Waals surface area contributed by atoms with Gasteiger partial charge in [-0.3, -0.25) is 4.79 Å². The van der Waals surface area contributed by atoms with Crippen molar-refractivity contribution < 1.29 is 4.79 Å². The second-order valence-corrected chi connectivity index (χ2v) is 4.64. The standard InChI is InChI=1S/C12H15N3OS/c13-12(17)15-10-3-1-8(2-4-10)7-11(16)14-9-5-6-9/h1-4,9H,5-7H2,(H,14,16)(H3,13,15,17). The first-order valence-electron chi connectivity index (χ1n) is 5.58. The number of amides is 1. The maximum atomic E-state index is 11.6. The number of anilines is 1. The lowest BCUT2D eigenvalue weighted by Crippen LogP contribution is -2.26. The van der Waals surface area contributed by atoms with Crippen LogP contribution in [0.1, 0.15) is 18.4 Å². The van der Waals surface area contributed by atoms with Crippen molar-refractivity contribution in [1.82, 2.24) is 5.32 Å². The lowest BCUT2D eigenvalue weighted by molar-refractivity contribution is -0.120. The molecule has 5 heteroatoms. The Hall–Kier alpha value is -1.62. The highest BCUT2D eigenvalue weighted by Crippen LogP contribution is 2.18. The van der Waals surface area contributed by atoms with Crippen LogP contribution >= 0.6 is 12.2 Å². The van der Waals surface area contributed by atoms with Crippen LogP contribution in [0.25, 0.3) is 0 Å². The average molecular weight is 249 g/mol. The molecule has 1 aliphatic rings. The van der Waals surface area contributed by atoms with Crippen molar-refractivity contribution in [2.75, 3.05) is 5.32 Å². The third-order valence-electron chi connectivity index (χ3n) is 2.53. The topological polar surface area (TPSA) is 67.1 Å². The van der Waals surface area contributed by atoms with Gasteiger partial charge in [-0.2, -0.15) is 0 Å².